The van der Waals surface area contributed by atoms with Crippen LogP contribution in [0.3, 0.4) is 0 Å². The molecule has 0 atom stereocenters. The number of rotatable bonds is 4. The lowest BCUT2D eigenvalue weighted by Gasteiger charge is -2.02. The molecule has 0 aliphatic carbocycles. The SMILES string of the molecule is Cc1csc(CCC(=O)c2ccccc2O)n1. The first kappa shape index (κ1) is 11.8. The summed E-state index contributed by atoms with van der Waals surface area (Å²) in [5, 5.41) is 12.5. The Morgan fingerprint density at radius 2 is 2.18 bits per heavy atom. The quantitative estimate of drug-likeness (QED) is 0.845. The maximum atomic E-state index is 11.9. The van der Waals surface area contributed by atoms with Gasteiger partial charge in [-0.3, -0.25) is 4.79 Å². The number of Topliss-reactive ketones (excluding diaryl/α,β-unsaturated/α-hetero) is 1. The number of nitrogens with zero attached hydrogens (tertiary/aromatic N) is 1. The zero-order chi connectivity index (χ0) is 12.3. The molecule has 17 heavy (non-hydrogen) atoms. The Kier molecular flexibility index (Phi) is 3.54. The number of aromatic nitrogens is 1. The van der Waals surface area contributed by atoms with Crippen molar-refractivity contribution in [2.45, 2.75) is 19.8 Å². The lowest BCUT2D eigenvalue weighted by atomic mass is 10.1. The Bertz CT molecular complexity index is 534. The van der Waals surface area contributed by atoms with E-state index >= 15 is 0 Å². The van der Waals surface area contributed by atoms with E-state index in [2.05, 4.69) is 4.98 Å². The zero-order valence-electron chi connectivity index (χ0n) is 9.51. The molecule has 0 aliphatic heterocycles. The molecule has 3 nitrogen and oxygen atoms in total. The second-order valence-electron chi connectivity index (χ2n) is 3.82. The van der Waals surface area contributed by atoms with E-state index in [1.807, 2.05) is 12.3 Å². The number of thiazole rings is 1. The Morgan fingerprint density at radius 1 is 1.41 bits per heavy atom. The van der Waals surface area contributed by atoms with Gasteiger partial charge in [-0.25, -0.2) is 4.98 Å². The van der Waals surface area contributed by atoms with E-state index in [4.69, 9.17) is 0 Å². The van der Waals surface area contributed by atoms with Crippen LogP contribution in [0.5, 0.6) is 5.75 Å². The highest BCUT2D eigenvalue weighted by Crippen LogP contribution is 2.19. The molecule has 0 unspecified atom stereocenters. The highest BCUT2D eigenvalue weighted by atomic mass is 32.1. The highest BCUT2D eigenvalue weighted by molar-refractivity contribution is 7.09. The number of phenols is 1. The molecular formula is C13H13NO2S. The van der Waals surface area contributed by atoms with E-state index in [0.29, 0.717) is 18.4 Å². The van der Waals surface area contributed by atoms with Crippen LogP contribution in [0.15, 0.2) is 29.6 Å². The van der Waals surface area contributed by atoms with Crippen molar-refractivity contribution in [3.63, 3.8) is 0 Å². The molecule has 1 aromatic carbocycles. The first-order valence-electron chi connectivity index (χ1n) is 5.39. The van der Waals surface area contributed by atoms with Gasteiger partial charge < -0.3 is 5.11 Å². The summed E-state index contributed by atoms with van der Waals surface area (Å²) in [7, 11) is 0. The van der Waals surface area contributed by atoms with Crippen LogP contribution < -0.4 is 0 Å². The smallest absolute Gasteiger partial charge is 0.167 e. The van der Waals surface area contributed by atoms with Gasteiger partial charge in [0.25, 0.3) is 0 Å². The average molecular weight is 247 g/mol. The highest BCUT2D eigenvalue weighted by Gasteiger charge is 2.11. The number of aromatic hydroxyl groups is 1. The van der Waals surface area contributed by atoms with Crippen molar-refractivity contribution < 1.29 is 9.90 Å². The summed E-state index contributed by atoms with van der Waals surface area (Å²) < 4.78 is 0. The van der Waals surface area contributed by atoms with Gasteiger partial charge in [-0.15, -0.1) is 11.3 Å². The monoisotopic (exact) mass is 247 g/mol. The third kappa shape index (κ3) is 2.91. The second-order valence-corrected chi connectivity index (χ2v) is 4.77. The second kappa shape index (κ2) is 5.10. The van der Waals surface area contributed by atoms with Crippen LogP contribution in [0.1, 0.15) is 27.5 Å². The molecular weight excluding hydrogens is 234 g/mol. The van der Waals surface area contributed by atoms with Gasteiger partial charge in [0, 0.05) is 23.9 Å². The van der Waals surface area contributed by atoms with Crippen molar-refractivity contribution in [1.29, 1.82) is 0 Å². The minimum absolute atomic E-state index is 0.0454. The van der Waals surface area contributed by atoms with Gasteiger partial charge in [-0.1, -0.05) is 12.1 Å². The van der Waals surface area contributed by atoms with Crippen molar-refractivity contribution >= 4 is 17.1 Å². The number of hydrogen-bond donors (Lipinski definition) is 1. The largest absolute Gasteiger partial charge is 0.507 e. The first-order chi connectivity index (χ1) is 8.16. The number of phenolic OH excluding ortho intramolecular Hbond substituents is 1. The predicted molar refractivity (Wildman–Crippen MR) is 67.6 cm³/mol. The Hall–Kier alpha value is -1.68. The minimum Gasteiger partial charge on any atom is -0.507 e. The molecule has 0 spiro atoms. The summed E-state index contributed by atoms with van der Waals surface area (Å²) in [5.74, 6) is 0.00349. The molecule has 2 rings (SSSR count). The number of ketones is 1. The van der Waals surface area contributed by atoms with Gasteiger partial charge in [0.05, 0.1) is 10.6 Å². The van der Waals surface area contributed by atoms with E-state index in [9.17, 15) is 9.90 Å². The Morgan fingerprint density at radius 3 is 2.82 bits per heavy atom. The summed E-state index contributed by atoms with van der Waals surface area (Å²) in [6.45, 7) is 1.94. The van der Waals surface area contributed by atoms with Crippen LogP contribution in [0.25, 0.3) is 0 Å². The van der Waals surface area contributed by atoms with Crippen molar-refractivity contribution in [1.82, 2.24) is 4.98 Å². The molecule has 4 heteroatoms. The predicted octanol–water partition coefficient (Wildman–Crippen LogP) is 2.97. The third-order valence-corrected chi connectivity index (χ3v) is 3.46. The van der Waals surface area contributed by atoms with Gasteiger partial charge in [0.1, 0.15) is 5.75 Å². The first-order valence-corrected chi connectivity index (χ1v) is 6.27. The number of carbonyl (C=O) groups is 1. The summed E-state index contributed by atoms with van der Waals surface area (Å²) >= 11 is 1.57. The molecule has 0 radical (unpaired) electrons. The van der Waals surface area contributed by atoms with E-state index in [1.54, 1.807) is 29.5 Å². The fourth-order valence-corrected chi connectivity index (χ4v) is 2.36. The topological polar surface area (TPSA) is 50.2 Å². The molecule has 0 fully saturated rings. The number of carbonyl (C=O) groups excluding carboxylic acids is 1. The van der Waals surface area contributed by atoms with E-state index < -0.39 is 0 Å². The molecule has 88 valence electrons. The fraction of sp³-hybridized carbons (Fsp3) is 0.231. The van der Waals surface area contributed by atoms with E-state index in [-0.39, 0.29) is 11.5 Å². The van der Waals surface area contributed by atoms with Crippen molar-refractivity contribution in [2.24, 2.45) is 0 Å². The standard InChI is InChI=1S/C13H13NO2S/c1-9-8-17-13(14-9)7-6-12(16)10-4-2-3-5-11(10)15/h2-5,8,15H,6-7H2,1H3. The van der Waals surface area contributed by atoms with Crippen molar-refractivity contribution in [3.05, 3.63) is 45.9 Å². The van der Waals surface area contributed by atoms with Gasteiger partial charge in [0.2, 0.25) is 0 Å². The summed E-state index contributed by atoms with van der Waals surface area (Å²) in [5.41, 5.74) is 1.38. The van der Waals surface area contributed by atoms with Gasteiger partial charge in [-0.05, 0) is 19.1 Å². The number of para-hydroxylation sites is 1. The van der Waals surface area contributed by atoms with Gasteiger partial charge in [-0.2, -0.15) is 0 Å². The number of benzene rings is 1. The van der Waals surface area contributed by atoms with Crippen LogP contribution in [0.4, 0.5) is 0 Å². The maximum absolute atomic E-state index is 11.9. The molecule has 0 saturated carbocycles. The maximum Gasteiger partial charge on any atom is 0.167 e. The van der Waals surface area contributed by atoms with Crippen LogP contribution in [0.2, 0.25) is 0 Å². The average Bonchev–Trinajstić information content (AvgIpc) is 2.73. The lowest BCUT2D eigenvalue weighted by Crippen LogP contribution is -2.01. The number of hydrogen-bond acceptors (Lipinski definition) is 4. The molecule has 2 aromatic rings. The molecule has 1 N–H and O–H groups in total. The molecule has 0 bridgehead atoms. The fourth-order valence-electron chi connectivity index (χ4n) is 1.58. The molecule has 0 saturated heterocycles. The summed E-state index contributed by atoms with van der Waals surface area (Å²) in [6.07, 6.45) is 1.01. The summed E-state index contributed by atoms with van der Waals surface area (Å²) in [4.78, 5) is 16.2. The molecule has 0 amide bonds. The van der Waals surface area contributed by atoms with Crippen molar-refractivity contribution in [2.75, 3.05) is 0 Å². The van der Waals surface area contributed by atoms with Crippen LogP contribution in [-0.2, 0) is 6.42 Å². The van der Waals surface area contributed by atoms with E-state index in [1.165, 1.54) is 6.07 Å². The Labute approximate surface area is 104 Å². The normalized spacial score (nSPS) is 10.4. The van der Waals surface area contributed by atoms with Crippen LogP contribution in [-0.4, -0.2) is 15.9 Å². The lowest BCUT2D eigenvalue weighted by molar-refractivity contribution is 0.0980. The third-order valence-electron chi connectivity index (χ3n) is 2.44. The van der Waals surface area contributed by atoms with Gasteiger partial charge in [0.15, 0.2) is 5.78 Å². The minimum atomic E-state index is -0.0454. The zero-order valence-corrected chi connectivity index (χ0v) is 10.3. The van der Waals surface area contributed by atoms with Crippen LogP contribution >= 0.6 is 11.3 Å². The number of aryl methyl sites for hydroxylation is 2. The molecule has 1 aromatic heterocycles. The Balaban J connectivity index is 2.01. The molecule has 1 heterocycles. The molecule has 0 aliphatic rings. The van der Waals surface area contributed by atoms with Crippen LogP contribution in [0, 0.1) is 6.92 Å². The van der Waals surface area contributed by atoms with Crippen molar-refractivity contribution in [3.8, 4) is 5.75 Å². The van der Waals surface area contributed by atoms with Gasteiger partial charge >= 0.3 is 0 Å². The van der Waals surface area contributed by atoms with E-state index in [0.717, 1.165) is 10.7 Å². The summed E-state index contributed by atoms with van der Waals surface area (Å²) in [6, 6.07) is 6.63.